The molecule has 1 rings (SSSR count). The summed E-state index contributed by atoms with van der Waals surface area (Å²) in [7, 11) is -1.59. The molecule has 1 aromatic carbocycles. The number of nitrogens with two attached hydrogens (primary N) is 1. The summed E-state index contributed by atoms with van der Waals surface area (Å²) in [6.45, 7) is 1.68. The summed E-state index contributed by atoms with van der Waals surface area (Å²) < 4.78 is 29.3. The molecule has 0 radical (unpaired) electrons. The highest BCUT2D eigenvalue weighted by atomic mass is 79.9. The van der Waals surface area contributed by atoms with E-state index in [4.69, 9.17) is 10.5 Å². The number of ether oxygens (including phenoxy) is 1. The van der Waals surface area contributed by atoms with Crippen molar-refractivity contribution in [2.24, 2.45) is 5.73 Å². The highest BCUT2D eigenvalue weighted by molar-refractivity contribution is 9.10. The van der Waals surface area contributed by atoms with Gasteiger partial charge in [-0.2, -0.15) is 0 Å². The maximum absolute atomic E-state index is 11.7. The Balaban J connectivity index is 2.86. The molecule has 0 spiro atoms. The minimum absolute atomic E-state index is 0.00284. The van der Waals surface area contributed by atoms with Crippen molar-refractivity contribution in [1.29, 1.82) is 0 Å². The van der Waals surface area contributed by atoms with Gasteiger partial charge in [-0.05, 0) is 40.5 Å². The summed E-state index contributed by atoms with van der Waals surface area (Å²) in [5, 5.41) is 0. The Hall–Kier alpha value is -0.590. The normalized spacial score (nSPS) is 13.4. The van der Waals surface area contributed by atoms with Gasteiger partial charge >= 0.3 is 0 Å². The van der Waals surface area contributed by atoms with Crippen LogP contribution in [-0.2, 0) is 15.6 Å². The van der Waals surface area contributed by atoms with E-state index in [0.29, 0.717) is 5.75 Å². The smallest absolute Gasteiger partial charge is 0.155 e. The molecule has 0 heterocycles. The Morgan fingerprint density at radius 3 is 2.59 bits per heavy atom. The van der Waals surface area contributed by atoms with Gasteiger partial charge < -0.3 is 10.5 Å². The standard InChI is InChI=1S/C11H16BrNO3S/c1-8(13)6-17(14,15)7-9-3-4-11(16-2)10(12)5-9/h3-5,8H,6-7,13H2,1-2H3. The van der Waals surface area contributed by atoms with E-state index >= 15 is 0 Å². The van der Waals surface area contributed by atoms with E-state index in [0.717, 1.165) is 10.0 Å². The predicted octanol–water partition coefficient (Wildman–Crippen LogP) is 1.72. The van der Waals surface area contributed by atoms with Gasteiger partial charge in [-0.25, -0.2) is 8.42 Å². The van der Waals surface area contributed by atoms with Crippen molar-refractivity contribution < 1.29 is 13.2 Å². The molecule has 0 fully saturated rings. The molecule has 0 bridgehead atoms. The third-order valence-electron chi connectivity index (χ3n) is 2.12. The first-order valence-electron chi connectivity index (χ1n) is 5.12. The van der Waals surface area contributed by atoms with Gasteiger partial charge in [0.15, 0.2) is 9.84 Å². The van der Waals surface area contributed by atoms with Crippen molar-refractivity contribution in [2.45, 2.75) is 18.7 Å². The lowest BCUT2D eigenvalue weighted by Crippen LogP contribution is -2.27. The van der Waals surface area contributed by atoms with Gasteiger partial charge in [0.1, 0.15) is 5.75 Å². The molecule has 1 aromatic rings. The molecule has 2 N–H and O–H groups in total. The Morgan fingerprint density at radius 1 is 1.47 bits per heavy atom. The summed E-state index contributed by atoms with van der Waals surface area (Å²) >= 11 is 3.32. The largest absolute Gasteiger partial charge is 0.496 e. The molecule has 0 saturated heterocycles. The van der Waals surface area contributed by atoms with Crippen LogP contribution in [0.3, 0.4) is 0 Å². The van der Waals surface area contributed by atoms with Crippen LogP contribution < -0.4 is 10.5 Å². The predicted molar refractivity (Wildman–Crippen MR) is 71.8 cm³/mol. The second kappa shape index (κ2) is 5.84. The van der Waals surface area contributed by atoms with Crippen LogP contribution in [-0.4, -0.2) is 27.3 Å². The average molecular weight is 322 g/mol. The zero-order valence-corrected chi connectivity index (χ0v) is 12.2. The molecule has 1 atom stereocenters. The van der Waals surface area contributed by atoms with Gasteiger partial charge in [-0.15, -0.1) is 0 Å². The van der Waals surface area contributed by atoms with Crippen LogP contribution in [0.5, 0.6) is 5.75 Å². The second-order valence-electron chi connectivity index (χ2n) is 4.00. The van der Waals surface area contributed by atoms with Crippen molar-refractivity contribution in [2.75, 3.05) is 12.9 Å². The lowest BCUT2D eigenvalue weighted by Gasteiger charge is -2.09. The van der Waals surface area contributed by atoms with Crippen molar-refractivity contribution >= 4 is 25.8 Å². The number of sulfone groups is 1. The molecule has 4 nitrogen and oxygen atoms in total. The van der Waals surface area contributed by atoms with Crippen LogP contribution >= 0.6 is 15.9 Å². The highest BCUT2D eigenvalue weighted by Crippen LogP contribution is 2.26. The number of hydrogen-bond donors (Lipinski definition) is 1. The minimum Gasteiger partial charge on any atom is -0.496 e. The molecule has 0 aliphatic carbocycles. The van der Waals surface area contributed by atoms with E-state index in [1.807, 2.05) is 0 Å². The summed E-state index contributed by atoms with van der Waals surface area (Å²) in [6.07, 6.45) is 0. The SMILES string of the molecule is COc1ccc(CS(=O)(=O)CC(C)N)cc1Br. The Labute approximate surface area is 110 Å². The van der Waals surface area contributed by atoms with Gasteiger partial charge in [0.2, 0.25) is 0 Å². The van der Waals surface area contributed by atoms with Crippen LogP contribution in [0, 0.1) is 0 Å². The molecular weight excluding hydrogens is 306 g/mol. The quantitative estimate of drug-likeness (QED) is 0.896. The van der Waals surface area contributed by atoms with Crippen molar-refractivity contribution in [3.05, 3.63) is 28.2 Å². The molecule has 6 heteroatoms. The molecule has 1 unspecified atom stereocenters. The number of benzene rings is 1. The third kappa shape index (κ3) is 4.65. The van der Waals surface area contributed by atoms with Crippen LogP contribution in [0.2, 0.25) is 0 Å². The van der Waals surface area contributed by atoms with Crippen LogP contribution in [0.25, 0.3) is 0 Å². The highest BCUT2D eigenvalue weighted by Gasteiger charge is 2.15. The van der Waals surface area contributed by atoms with Gasteiger partial charge in [0, 0.05) is 6.04 Å². The summed E-state index contributed by atoms with van der Waals surface area (Å²) in [6, 6.07) is 4.88. The minimum atomic E-state index is -3.16. The van der Waals surface area contributed by atoms with Crippen molar-refractivity contribution in [3.63, 3.8) is 0 Å². The van der Waals surface area contributed by atoms with Gasteiger partial charge in [0.05, 0.1) is 23.1 Å². The maximum Gasteiger partial charge on any atom is 0.155 e. The first kappa shape index (κ1) is 14.5. The number of halogens is 1. The molecule has 0 aliphatic heterocycles. The van der Waals surface area contributed by atoms with E-state index < -0.39 is 9.84 Å². The van der Waals surface area contributed by atoms with Crippen LogP contribution in [0.4, 0.5) is 0 Å². The van der Waals surface area contributed by atoms with E-state index in [2.05, 4.69) is 15.9 Å². The van der Waals surface area contributed by atoms with E-state index in [1.54, 1.807) is 32.2 Å². The van der Waals surface area contributed by atoms with E-state index in [1.165, 1.54) is 0 Å². The summed E-state index contributed by atoms with van der Waals surface area (Å²) in [5.74, 6) is 0.673. The molecule has 0 aliphatic rings. The average Bonchev–Trinajstić information content (AvgIpc) is 2.14. The summed E-state index contributed by atoms with van der Waals surface area (Å²) in [4.78, 5) is 0. The molecule has 0 saturated carbocycles. The Morgan fingerprint density at radius 2 is 2.12 bits per heavy atom. The summed E-state index contributed by atoms with van der Waals surface area (Å²) in [5.41, 5.74) is 6.22. The van der Waals surface area contributed by atoms with Crippen LogP contribution in [0.15, 0.2) is 22.7 Å². The molecule has 0 amide bonds. The first-order chi connectivity index (χ1) is 7.84. The second-order valence-corrected chi connectivity index (χ2v) is 6.96. The molecule has 0 aromatic heterocycles. The van der Waals surface area contributed by atoms with E-state index in [-0.39, 0.29) is 17.5 Å². The van der Waals surface area contributed by atoms with Gasteiger partial charge in [-0.3, -0.25) is 0 Å². The van der Waals surface area contributed by atoms with Gasteiger partial charge in [0.25, 0.3) is 0 Å². The zero-order chi connectivity index (χ0) is 13.1. The fourth-order valence-electron chi connectivity index (χ4n) is 1.51. The topological polar surface area (TPSA) is 69.4 Å². The number of hydrogen-bond acceptors (Lipinski definition) is 4. The van der Waals surface area contributed by atoms with Crippen LogP contribution in [0.1, 0.15) is 12.5 Å². The fourth-order valence-corrected chi connectivity index (χ4v) is 3.71. The lowest BCUT2D eigenvalue weighted by atomic mass is 10.2. The first-order valence-corrected chi connectivity index (χ1v) is 7.74. The molecule has 17 heavy (non-hydrogen) atoms. The van der Waals surface area contributed by atoms with Crippen molar-refractivity contribution in [1.82, 2.24) is 0 Å². The van der Waals surface area contributed by atoms with E-state index in [9.17, 15) is 8.42 Å². The third-order valence-corrected chi connectivity index (χ3v) is 4.55. The Kier molecular flexibility index (Phi) is 4.97. The van der Waals surface area contributed by atoms with Gasteiger partial charge in [-0.1, -0.05) is 6.07 Å². The molecular formula is C11H16BrNO3S. The fraction of sp³-hybridized carbons (Fsp3) is 0.455. The lowest BCUT2D eigenvalue weighted by molar-refractivity contribution is 0.412. The zero-order valence-electron chi connectivity index (χ0n) is 9.81. The molecule has 96 valence electrons. The number of methoxy groups -OCH3 is 1. The Bertz CT molecular complexity index is 485. The number of rotatable bonds is 5. The monoisotopic (exact) mass is 321 g/mol. The maximum atomic E-state index is 11.7. The van der Waals surface area contributed by atoms with Crippen molar-refractivity contribution in [3.8, 4) is 5.75 Å².